The van der Waals surface area contributed by atoms with Crippen molar-refractivity contribution in [2.45, 2.75) is 13.0 Å². The van der Waals surface area contributed by atoms with Crippen molar-refractivity contribution < 1.29 is 4.74 Å². The summed E-state index contributed by atoms with van der Waals surface area (Å²) < 4.78 is 6.09. The summed E-state index contributed by atoms with van der Waals surface area (Å²) >= 11 is 0. The van der Waals surface area contributed by atoms with Crippen LogP contribution in [0.2, 0.25) is 0 Å². The number of hydrogen-bond donors (Lipinski definition) is 0. The fourth-order valence-corrected chi connectivity index (χ4v) is 1.93. The lowest BCUT2D eigenvalue weighted by Crippen LogP contribution is -2.23. The van der Waals surface area contributed by atoms with Crippen LogP contribution in [0, 0.1) is 0 Å². The van der Waals surface area contributed by atoms with Crippen molar-refractivity contribution in [3.63, 3.8) is 0 Å². The monoisotopic (exact) mass is 255 g/mol. The molecule has 0 N–H and O–H groups in total. The smallest absolute Gasteiger partial charge is 0.109 e. The third-order valence-corrected chi connectivity index (χ3v) is 3.21. The maximum Gasteiger partial charge on any atom is 0.109 e. The molecular formula is C17H21NO. The van der Waals surface area contributed by atoms with Gasteiger partial charge in [-0.2, -0.15) is 0 Å². The van der Waals surface area contributed by atoms with Gasteiger partial charge in [-0.1, -0.05) is 67.6 Å². The fraction of sp³-hybridized carbons (Fsp3) is 0.294. The van der Waals surface area contributed by atoms with Gasteiger partial charge in [0.15, 0.2) is 0 Å². The van der Waals surface area contributed by atoms with Crippen molar-refractivity contribution in [2.75, 3.05) is 20.3 Å². The predicted molar refractivity (Wildman–Crippen MR) is 79.0 cm³/mol. The van der Waals surface area contributed by atoms with E-state index in [0.29, 0.717) is 6.73 Å². The first-order chi connectivity index (χ1) is 9.31. The Labute approximate surface area is 115 Å². The standard InChI is InChI=1S/C17H21NO/c1-3-18(2)14-19-17(15-10-6-4-7-11-15)16-12-8-5-9-13-16/h4-13,17H,3,14H2,1-2H3. The molecule has 2 nitrogen and oxygen atoms in total. The molecule has 100 valence electrons. The van der Waals surface area contributed by atoms with Gasteiger partial charge in [0.05, 0.1) is 0 Å². The summed E-state index contributed by atoms with van der Waals surface area (Å²) in [6.45, 7) is 3.74. The summed E-state index contributed by atoms with van der Waals surface area (Å²) in [5.74, 6) is 0. The minimum atomic E-state index is -0.00333. The van der Waals surface area contributed by atoms with E-state index in [2.05, 4.69) is 67.4 Å². The molecule has 2 aromatic rings. The molecule has 0 heterocycles. The second kappa shape index (κ2) is 7.07. The van der Waals surface area contributed by atoms with E-state index < -0.39 is 0 Å². The third kappa shape index (κ3) is 3.91. The van der Waals surface area contributed by atoms with Crippen LogP contribution in [0.25, 0.3) is 0 Å². The van der Waals surface area contributed by atoms with Crippen LogP contribution in [0.1, 0.15) is 24.2 Å². The van der Waals surface area contributed by atoms with Crippen molar-refractivity contribution in [1.82, 2.24) is 4.90 Å². The van der Waals surface area contributed by atoms with Gasteiger partial charge in [-0.25, -0.2) is 0 Å². The van der Waals surface area contributed by atoms with Crippen LogP contribution in [0.15, 0.2) is 60.7 Å². The van der Waals surface area contributed by atoms with Crippen molar-refractivity contribution in [1.29, 1.82) is 0 Å². The Hall–Kier alpha value is -1.64. The van der Waals surface area contributed by atoms with Crippen LogP contribution < -0.4 is 0 Å². The molecule has 0 spiro atoms. The van der Waals surface area contributed by atoms with E-state index >= 15 is 0 Å². The second-order valence-corrected chi connectivity index (χ2v) is 4.67. The first-order valence-corrected chi connectivity index (χ1v) is 6.71. The molecule has 0 amide bonds. The first-order valence-electron chi connectivity index (χ1n) is 6.71. The zero-order valence-corrected chi connectivity index (χ0v) is 11.6. The van der Waals surface area contributed by atoms with Crippen molar-refractivity contribution in [2.24, 2.45) is 0 Å². The molecule has 0 atom stereocenters. The van der Waals surface area contributed by atoms with Gasteiger partial charge in [-0.3, -0.25) is 4.90 Å². The molecule has 19 heavy (non-hydrogen) atoms. The summed E-state index contributed by atoms with van der Waals surface area (Å²) in [5.41, 5.74) is 2.39. The number of ether oxygens (including phenoxy) is 1. The van der Waals surface area contributed by atoms with Gasteiger partial charge in [0.2, 0.25) is 0 Å². The fourth-order valence-electron chi connectivity index (χ4n) is 1.93. The molecule has 0 saturated heterocycles. The van der Waals surface area contributed by atoms with Crippen molar-refractivity contribution in [3.8, 4) is 0 Å². The highest BCUT2D eigenvalue weighted by Gasteiger charge is 2.14. The van der Waals surface area contributed by atoms with Crippen LogP contribution >= 0.6 is 0 Å². The highest BCUT2D eigenvalue weighted by molar-refractivity contribution is 5.29. The molecular weight excluding hydrogens is 234 g/mol. The van der Waals surface area contributed by atoms with Gasteiger partial charge in [0, 0.05) is 0 Å². The topological polar surface area (TPSA) is 12.5 Å². The first kappa shape index (κ1) is 13.8. The van der Waals surface area contributed by atoms with Crippen LogP contribution in [0.3, 0.4) is 0 Å². The molecule has 0 aliphatic heterocycles. The lowest BCUT2D eigenvalue weighted by molar-refractivity contribution is 0.00707. The largest absolute Gasteiger partial charge is 0.353 e. The number of benzene rings is 2. The Morgan fingerprint density at radius 3 is 1.79 bits per heavy atom. The molecule has 0 bridgehead atoms. The zero-order valence-electron chi connectivity index (χ0n) is 11.6. The van der Waals surface area contributed by atoms with E-state index in [1.165, 1.54) is 11.1 Å². The number of nitrogens with zero attached hydrogens (tertiary/aromatic N) is 1. The average Bonchev–Trinajstić information content (AvgIpc) is 2.49. The van der Waals surface area contributed by atoms with Crippen LogP contribution in [0.4, 0.5) is 0 Å². The van der Waals surface area contributed by atoms with E-state index in [1.807, 2.05) is 12.1 Å². The van der Waals surface area contributed by atoms with Crippen LogP contribution in [-0.4, -0.2) is 25.2 Å². The molecule has 0 aliphatic carbocycles. The summed E-state index contributed by atoms with van der Waals surface area (Å²) in [6, 6.07) is 20.7. The summed E-state index contributed by atoms with van der Waals surface area (Å²) in [5, 5.41) is 0. The van der Waals surface area contributed by atoms with Gasteiger partial charge in [-0.05, 0) is 24.7 Å². The molecule has 0 saturated carbocycles. The number of hydrogen-bond acceptors (Lipinski definition) is 2. The molecule has 0 aliphatic rings. The highest BCUT2D eigenvalue weighted by atomic mass is 16.5. The van der Waals surface area contributed by atoms with E-state index in [-0.39, 0.29) is 6.10 Å². The van der Waals surface area contributed by atoms with E-state index in [4.69, 9.17) is 4.74 Å². The minimum absolute atomic E-state index is 0.00333. The summed E-state index contributed by atoms with van der Waals surface area (Å²) in [6.07, 6.45) is -0.00333. The third-order valence-electron chi connectivity index (χ3n) is 3.21. The van der Waals surface area contributed by atoms with Gasteiger partial charge in [-0.15, -0.1) is 0 Å². The molecule has 2 aromatic carbocycles. The normalized spacial score (nSPS) is 11.2. The summed E-state index contributed by atoms with van der Waals surface area (Å²) in [4.78, 5) is 2.15. The molecule has 0 unspecified atom stereocenters. The molecule has 2 rings (SSSR count). The Kier molecular flexibility index (Phi) is 5.13. The van der Waals surface area contributed by atoms with E-state index in [9.17, 15) is 0 Å². The van der Waals surface area contributed by atoms with Gasteiger partial charge < -0.3 is 4.74 Å². The van der Waals surface area contributed by atoms with Crippen molar-refractivity contribution >= 4 is 0 Å². The average molecular weight is 255 g/mol. The molecule has 0 fully saturated rings. The molecule has 0 aromatic heterocycles. The lowest BCUT2D eigenvalue weighted by atomic mass is 10.0. The Bertz CT molecular complexity index is 430. The van der Waals surface area contributed by atoms with Gasteiger partial charge >= 0.3 is 0 Å². The molecule has 0 radical (unpaired) electrons. The highest BCUT2D eigenvalue weighted by Crippen LogP contribution is 2.25. The Balaban J connectivity index is 2.19. The minimum Gasteiger partial charge on any atom is -0.353 e. The van der Waals surface area contributed by atoms with Gasteiger partial charge in [0.1, 0.15) is 12.8 Å². The number of rotatable bonds is 6. The Morgan fingerprint density at radius 1 is 0.895 bits per heavy atom. The SMILES string of the molecule is CCN(C)COC(c1ccccc1)c1ccccc1. The zero-order chi connectivity index (χ0) is 13.5. The molecule has 2 heteroatoms. The predicted octanol–water partition coefficient (Wildman–Crippen LogP) is 3.70. The second-order valence-electron chi connectivity index (χ2n) is 4.67. The van der Waals surface area contributed by atoms with Crippen molar-refractivity contribution in [3.05, 3.63) is 71.8 Å². The van der Waals surface area contributed by atoms with E-state index in [0.717, 1.165) is 6.54 Å². The lowest BCUT2D eigenvalue weighted by Gasteiger charge is -2.22. The maximum atomic E-state index is 6.09. The van der Waals surface area contributed by atoms with Crippen LogP contribution in [-0.2, 0) is 4.74 Å². The van der Waals surface area contributed by atoms with Crippen LogP contribution in [0.5, 0.6) is 0 Å². The maximum absolute atomic E-state index is 6.09. The summed E-state index contributed by atoms with van der Waals surface area (Å²) in [7, 11) is 2.06. The van der Waals surface area contributed by atoms with Gasteiger partial charge in [0.25, 0.3) is 0 Å². The van der Waals surface area contributed by atoms with E-state index in [1.54, 1.807) is 0 Å². The quantitative estimate of drug-likeness (QED) is 0.730. The Morgan fingerprint density at radius 2 is 1.37 bits per heavy atom.